The number of ether oxygens (including phenoxy) is 1. The zero-order valence-electron chi connectivity index (χ0n) is 18.9. The van der Waals surface area contributed by atoms with Gasteiger partial charge in [0.05, 0.1) is 42.7 Å². The molecule has 3 aromatic heterocycles. The van der Waals surface area contributed by atoms with Gasteiger partial charge in [-0.05, 0) is 36.8 Å². The van der Waals surface area contributed by atoms with E-state index in [1.165, 1.54) is 6.20 Å². The molecular weight excluding hydrogens is 463 g/mol. The quantitative estimate of drug-likeness (QED) is 0.586. The molecule has 0 aliphatic carbocycles. The molecule has 2 unspecified atom stereocenters. The van der Waals surface area contributed by atoms with Crippen molar-refractivity contribution in [2.75, 3.05) is 25.4 Å². The summed E-state index contributed by atoms with van der Waals surface area (Å²) in [6.45, 7) is 3.51. The van der Waals surface area contributed by atoms with Crippen LogP contribution in [-0.4, -0.2) is 50.4 Å². The summed E-state index contributed by atoms with van der Waals surface area (Å²) in [5.41, 5.74) is 5.87. The zero-order valence-corrected chi connectivity index (χ0v) is 18.9. The molecule has 184 valence electrons. The number of anilines is 1. The van der Waals surface area contributed by atoms with Crippen molar-refractivity contribution in [2.45, 2.75) is 37.7 Å². The molecule has 2 amide bonds. The first-order chi connectivity index (χ1) is 16.7. The topological polar surface area (TPSA) is 111 Å². The zero-order chi connectivity index (χ0) is 24.8. The van der Waals surface area contributed by atoms with Gasteiger partial charge in [-0.25, -0.2) is 9.78 Å². The molecule has 2 aliphatic rings. The van der Waals surface area contributed by atoms with E-state index in [0.717, 1.165) is 17.3 Å². The van der Waals surface area contributed by atoms with Gasteiger partial charge < -0.3 is 20.7 Å². The molecule has 35 heavy (non-hydrogen) atoms. The number of amides is 2. The van der Waals surface area contributed by atoms with Crippen molar-refractivity contribution in [3.05, 3.63) is 59.7 Å². The first-order valence-electron chi connectivity index (χ1n) is 11.2. The Hall–Kier alpha value is -3.67. The molecule has 1 fully saturated rings. The van der Waals surface area contributed by atoms with Crippen LogP contribution < -0.4 is 11.1 Å². The first-order valence-corrected chi connectivity index (χ1v) is 11.2. The smallest absolute Gasteiger partial charge is 0.383 e. The number of nitrogens with one attached hydrogen (secondary N) is 1. The standard InChI is InChI=1S/C23H24F3N7O2/c1-14(15-2-5-28-6-3-15)30-21(34)32-7-4-22(13-32)19-11-18(31-33(19)8-9-35-22)16-10-17(23(24,25)26)20(27)29-12-16/h2-3,5-6,10-12,14H,4,7-9,13H2,1H3,(H2,27,29)(H,30,34). The lowest BCUT2D eigenvalue weighted by Gasteiger charge is -2.34. The van der Waals surface area contributed by atoms with Gasteiger partial charge in [-0.15, -0.1) is 0 Å². The van der Waals surface area contributed by atoms with Gasteiger partial charge in [0.25, 0.3) is 0 Å². The number of fused-ring (bicyclic) bond motifs is 2. The Morgan fingerprint density at radius 2 is 2.03 bits per heavy atom. The Balaban J connectivity index is 1.37. The Labute approximate surface area is 199 Å². The predicted molar refractivity (Wildman–Crippen MR) is 120 cm³/mol. The Bertz CT molecular complexity index is 1250. The summed E-state index contributed by atoms with van der Waals surface area (Å²) in [6.07, 6.45) is 0.547. The SMILES string of the molecule is CC(NC(=O)N1CCC2(C1)OCCn1nc(-c3cnc(N)c(C(F)(F)F)c3)cc12)c1ccncc1. The minimum Gasteiger partial charge on any atom is -0.383 e. The first kappa shape index (κ1) is 23.1. The van der Waals surface area contributed by atoms with Crippen LogP contribution in [0.4, 0.5) is 23.8 Å². The lowest BCUT2D eigenvalue weighted by Crippen LogP contribution is -2.44. The lowest BCUT2D eigenvalue weighted by molar-refractivity contribution is -0.137. The van der Waals surface area contributed by atoms with E-state index < -0.39 is 23.2 Å². The normalized spacial score (nSPS) is 20.6. The van der Waals surface area contributed by atoms with Gasteiger partial charge in [-0.2, -0.15) is 18.3 Å². The van der Waals surface area contributed by atoms with Crippen molar-refractivity contribution in [3.63, 3.8) is 0 Å². The van der Waals surface area contributed by atoms with Gasteiger partial charge >= 0.3 is 12.2 Å². The maximum absolute atomic E-state index is 13.3. The number of likely N-dealkylation sites (tertiary alicyclic amines) is 1. The molecule has 1 saturated heterocycles. The number of rotatable bonds is 3. The van der Waals surface area contributed by atoms with Crippen molar-refractivity contribution in [2.24, 2.45) is 0 Å². The average Bonchev–Trinajstić information content (AvgIpc) is 3.46. The molecule has 0 saturated carbocycles. The van der Waals surface area contributed by atoms with E-state index in [-0.39, 0.29) is 17.6 Å². The highest BCUT2D eigenvalue weighted by Crippen LogP contribution is 2.41. The monoisotopic (exact) mass is 487 g/mol. The number of nitrogens with two attached hydrogens (primary N) is 1. The van der Waals surface area contributed by atoms with Crippen molar-refractivity contribution >= 4 is 11.8 Å². The maximum atomic E-state index is 13.3. The summed E-state index contributed by atoms with van der Waals surface area (Å²) >= 11 is 0. The molecule has 0 bridgehead atoms. The number of nitrogen functional groups attached to an aromatic ring is 1. The average molecular weight is 487 g/mol. The summed E-state index contributed by atoms with van der Waals surface area (Å²) < 4.78 is 47.9. The Kier molecular flexibility index (Phi) is 5.62. The number of carbonyl (C=O) groups is 1. The van der Waals surface area contributed by atoms with Crippen LogP contribution >= 0.6 is 0 Å². The van der Waals surface area contributed by atoms with Crippen LogP contribution in [0, 0.1) is 0 Å². The summed E-state index contributed by atoms with van der Waals surface area (Å²) in [5.74, 6) is -0.580. The fourth-order valence-electron chi connectivity index (χ4n) is 4.63. The van der Waals surface area contributed by atoms with Gasteiger partial charge in [0, 0.05) is 37.1 Å². The third kappa shape index (κ3) is 4.29. The summed E-state index contributed by atoms with van der Waals surface area (Å²) in [7, 11) is 0. The molecule has 5 heterocycles. The van der Waals surface area contributed by atoms with Crippen LogP contribution in [0.15, 0.2) is 42.9 Å². The molecular formula is C23H24F3N7O2. The number of hydrogen-bond donors (Lipinski definition) is 2. The molecule has 2 aliphatic heterocycles. The molecule has 0 aromatic carbocycles. The van der Waals surface area contributed by atoms with Crippen LogP contribution in [0.1, 0.15) is 36.2 Å². The Morgan fingerprint density at radius 1 is 1.26 bits per heavy atom. The number of hydrogen-bond acceptors (Lipinski definition) is 6. The van der Waals surface area contributed by atoms with Crippen molar-refractivity contribution in [3.8, 4) is 11.3 Å². The van der Waals surface area contributed by atoms with Gasteiger partial charge in [-0.1, -0.05) is 0 Å². The summed E-state index contributed by atoms with van der Waals surface area (Å²) in [5, 5.41) is 7.51. The predicted octanol–water partition coefficient (Wildman–Crippen LogP) is 3.34. The van der Waals surface area contributed by atoms with Gasteiger partial charge in [0.15, 0.2) is 0 Å². The molecule has 3 N–H and O–H groups in total. The van der Waals surface area contributed by atoms with Crippen LogP contribution in [-0.2, 0) is 23.1 Å². The van der Waals surface area contributed by atoms with E-state index in [4.69, 9.17) is 10.5 Å². The second-order valence-corrected chi connectivity index (χ2v) is 8.76. The molecule has 2 atom stereocenters. The van der Waals surface area contributed by atoms with Crippen LogP contribution in [0.2, 0.25) is 0 Å². The second kappa shape index (κ2) is 8.52. The van der Waals surface area contributed by atoms with E-state index in [0.29, 0.717) is 38.4 Å². The minimum absolute atomic E-state index is 0.202. The highest BCUT2D eigenvalue weighted by atomic mass is 19.4. The summed E-state index contributed by atoms with van der Waals surface area (Å²) in [4.78, 5) is 22.3. The molecule has 1 spiro atoms. The largest absolute Gasteiger partial charge is 0.419 e. The van der Waals surface area contributed by atoms with E-state index >= 15 is 0 Å². The highest BCUT2D eigenvalue weighted by molar-refractivity contribution is 5.75. The van der Waals surface area contributed by atoms with Gasteiger partial charge in [-0.3, -0.25) is 9.67 Å². The molecule has 3 aromatic rings. The van der Waals surface area contributed by atoms with Crippen LogP contribution in [0.3, 0.4) is 0 Å². The minimum atomic E-state index is -4.62. The third-order valence-corrected chi connectivity index (χ3v) is 6.51. The van der Waals surface area contributed by atoms with Gasteiger partial charge in [0.1, 0.15) is 11.4 Å². The number of alkyl halides is 3. The number of pyridine rings is 2. The number of urea groups is 1. The fourth-order valence-corrected chi connectivity index (χ4v) is 4.63. The van der Waals surface area contributed by atoms with Crippen molar-refractivity contribution in [1.29, 1.82) is 0 Å². The number of aromatic nitrogens is 4. The molecule has 0 radical (unpaired) electrons. The van der Waals surface area contributed by atoms with Gasteiger partial charge in [0.2, 0.25) is 0 Å². The van der Waals surface area contributed by atoms with Crippen molar-refractivity contribution < 1.29 is 22.7 Å². The van der Waals surface area contributed by atoms with Crippen LogP contribution in [0.25, 0.3) is 11.3 Å². The Morgan fingerprint density at radius 3 is 2.77 bits per heavy atom. The number of carbonyl (C=O) groups excluding carboxylic acids is 1. The highest BCUT2D eigenvalue weighted by Gasteiger charge is 2.47. The molecule has 12 heteroatoms. The van der Waals surface area contributed by atoms with Crippen LogP contribution in [0.5, 0.6) is 0 Å². The van der Waals surface area contributed by atoms with Crippen molar-refractivity contribution in [1.82, 2.24) is 30.0 Å². The molecule has 5 rings (SSSR count). The summed E-state index contributed by atoms with van der Waals surface area (Å²) in [6, 6.07) is 5.94. The fraction of sp³-hybridized carbons (Fsp3) is 0.391. The second-order valence-electron chi connectivity index (χ2n) is 8.76. The number of nitrogens with zero attached hydrogens (tertiary/aromatic N) is 5. The van der Waals surface area contributed by atoms with E-state index in [1.807, 2.05) is 19.1 Å². The van der Waals surface area contributed by atoms with E-state index in [2.05, 4.69) is 20.4 Å². The third-order valence-electron chi connectivity index (χ3n) is 6.51. The molecule has 9 nitrogen and oxygen atoms in total. The van der Waals surface area contributed by atoms with E-state index in [1.54, 1.807) is 28.0 Å². The lowest BCUT2D eigenvalue weighted by atomic mass is 9.96. The van der Waals surface area contributed by atoms with E-state index in [9.17, 15) is 18.0 Å². The number of halogens is 3. The maximum Gasteiger partial charge on any atom is 0.419 e.